The van der Waals surface area contributed by atoms with E-state index in [9.17, 15) is 4.79 Å². The van der Waals surface area contributed by atoms with Gasteiger partial charge in [0.15, 0.2) is 0 Å². The molecule has 0 atom stereocenters. The molecule has 0 aliphatic carbocycles. The Kier molecular flexibility index (Phi) is 7.09. The Morgan fingerprint density at radius 1 is 1.17 bits per heavy atom. The minimum absolute atomic E-state index is 0.325. The van der Waals surface area contributed by atoms with Gasteiger partial charge in [-0.2, -0.15) is 5.10 Å². The molecule has 1 N–H and O–H groups in total. The minimum atomic E-state index is -0.325. The van der Waals surface area contributed by atoms with Gasteiger partial charge in [0.2, 0.25) is 0 Å². The van der Waals surface area contributed by atoms with Gasteiger partial charge >= 0.3 is 0 Å². The van der Waals surface area contributed by atoms with Crippen LogP contribution >= 0.6 is 23.2 Å². The summed E-state index contributed by atoms with van der Waals surface area (Å²) in [6, 6.07) is 12.0. The molecule has 2 aromatic carbocycles. The van der Waals surface area contributed by atoms with Crippen molar-refractivity contribution in [1.82, 2.24) is 5.43 Å². The zero-order chi connectivity index (χ0) is 17.4. The maximum absolute atomic E-state index is 12.0. The quantitative estimate of drug-likeness (QED) is 0.429. The molecule has 1 amide bonds. The van der Waals surface area contributed by atoms with Crippen LogP contribution in [0.1, 0.15) is 35.7 Å². The van der Waals surface area contributed by atoms with E-state index >= 15 is 0 Å². The Labute approximate surface area is 151 Å². The molecule has 0 radical (unpaired) electrons. The van der Waals surface area contributed by atoms with Crippen LogP contribution in [0, 0.1) is 0 Å². The van der Waals surface area contributed by atoms with Gasteiger partial charge in [0, 0.05) is 11.1 Å². The van der Waals surface area contributed by atoms with Gasteiger partial charge in [0.1, 0.15) is 5.75 Å². The van der Waals surface area contributed by atoms with E-state index in [1.807, 2.05) is 0 Å². The Morgan fingerprint density at radius 3 is 2.46 bits per heavy atom. The van der Waals surface area contributed by atoms with E-state index in [-0.39, 0.29) is 5.91 Å². The molecular weight excluding hydrogens is 347 g/mol. The third-order valence-corrected chi connectivity index (χ3v) is 3.90. The molecule has 0 saturated heterocycles. The van der Waals surface area contributed by atoms with Gasteiger partial charge in [0.05, 0.1) is 22.9 Å². The monoisotopic (exact) mass is 364 g/mol. The van der Waals surface area contributed by atoms with Crippen LogP contribution in [0.4, 0.5) is 0 Å². The van der Waals surface area contributed by atoms with Crippen molar-refractivity contribution in [1.29, 1.82) is 0 Å². The van der Waals surface area contributed by atoms with Crippen molar-refractivity contribution in [2.45, 2.75) is 19.8 Å². The second-order valence-electron chi connectivity index (χ2n) is 5.06. The summed E-state index contributed by atoms with van der Waals surface area (Å²) >= 11 is 12.1. The number of unbranched alkanes of at least 4 members (excludes halogenated alkanes) is 1. The highest BCUT2D eigenvalue weighted by Gasteiger charge is 2.05. The SMILES string of the molecule is CCCCOc1ccc(C(=O)N/N=C\c2c(Cl)cccc2Cl)cc1. The molecule has 2 rings (SSSR count). The number of hydrazone groups is 1. The summed E-state index contributed by atoms with van der Waals surface area (Å²) in [7, 11) is 0. The smallest absolute Gasteiger partial charge is 0.271 e. The number of halogens is 2. The van der Waals surface area contributed by atoms with E-state index in [4.69, 9.17) is 27.9 Å². The lowest BCUT2D eigenvalue weighted by atomic mass is 10.2. The van der Waals surface area contributed by atoms with E-state index < -0.39 is 0 Å². The highest BCUT2D eigenvalue weighted by atomic mass is 35.5. The minimum Gasteiger partial charge on any atom is -0.494 e. The van der Waals surface area contributed by atoms with Crippen molar-refractivity contribution >= 4 is 35.3 Å². The Hall–Kier alpha value is -2.04. The number of rotatable bonds is 7. The topological polar surface area (TPSA) is 50.7 Å². The Morgan fingerprint density at radius 2 is 1.83 bits per heavy atom. The fourth-order valence-electron chi connectivity index (χ4n) is 1.89. The summed E-state index contributed by atoms with van der Waals surface area (Å²) in [6.45, 7) is 2.78. The molecule has 126 valence electrons. The van der Waals surface area contributed by atoms with Gasteiger partial charge in [-0.1, -0.05) is 42.6 Å². The molecule has 0 spiro atoms. The highest BCUT2D eigenvalue weighted by molar-refractivity contribution is 6.38. The van der Waals surface area contributed by atoms with E-state index in [2.05, 4.69) is 17.5 Å². The van der Waals surface area contributed by atoms with E-state index in [1.165, 1.54) is 6.21 Å². The first kappa shape index (κ1) is 18.3. The maximum Gasteiger partial charge on any atom is 0.271 e. The lowest BCUT2D eigenvalue weighted by Crippen LogP contribution is -2.17. The van der Waals surface area contributed by atoms with E-state index in [1.54, 1.807) is 42.5 Å². The lowest BCUT2D eigenvalue weighted by Gasteiger charge is -2.06. The Balaban J connectivity index is 1.94. The first-order chi connectivity index (χ1) is 11.6. The number of nitrogens with zero attached hydrogens (tertiary/aromatic N) is 1. The number of amides is 1. The summed E-state index contributed by atoms with van der Waals surface area (Å²) in [5.41, 5.74) is 3.49. The number of nitrogens with one attached hydrogen (secondary N) is 1. The molecule has 0 aromatic heterocycles. The summed E-state index contributed by atoms with van der Waals surface area (Å²) in [6.07, 6.45) is 3.50. The molecule has 0 aliphatic rings. The van der Waals surface area contributed by atoms with Crippen LogP contribution in [-0.4, -0.2) is 18.7 Å². The molecule has 0 bridgehead atoms. The maximum atomic E-state index is 12.0. The molecule has 0 aliphatic heterocycles. The van der Waals surface area contributed by atoms with Crippen molar-refractivity contribution in [3.63, 3.8) is 0 Å². The Bertz CT molecular complexity index is 695. The lowest BCUT2D eigenvalue weighted by molar-refractivity contribution is 0.0955. The number of hydrogen-bond acceptors (Lipinski definition) is 3. The van der Waals surface area contributed by atoms with Crippen molar-refractivity contribution in [3.05, 3.63) is 63.6 Å². The van der Waals surface area contributed by atoms with Crippen molar-refractivity contribution in [2.24, 2.45) is 5.10 Å². The second-order valence-corrected chi connectivity index (χ2v) is 5.88. The molecule has 4 nitrogen and oxygen atoms in total. The predicted molar refractivity (Wildman–Crippen MR) is 98.4 cm³/mol. The van der Waals surface area contributed by atoms with Gasteiger partial charge in [-0.15, -0.1) is 0 Å². The molecule has 2 aromatic rings. The van der Waals surface area contributed by atoms with Gasteiger partial charge in [0.25, 0.3) is 5.91 Å². The molecule has 0 unspecified atom stereocenters. The molecule has 6 heteroatoms. The third-order valence-electron chi connectivity index (χ3n) is 3.24. The summed E-state index contributed by atoms with van der Waals surface area (Å²) in [5.74, 6) is 0.417. The van der Waals surface area contributed by atoms with Gasteiger partial charge in [-0.25, -0.2) is 5.43 Å². The number of carbonyl (C=O) groups excluding carboxylic acids is 1. The van der Waals surface area contributed by atoms with Crippen molar-refractivity contribution in [3.8, 4) is 5.75 Å². The van der Waals surface area contributed by atoms with E-state index in [0.717, 1.165) is 18.6 Å². The van der Waals surface area contributed by atoms with Crippen LogP contribution < -0.4 is 10.2 Å². The molecule has 24 heavy (non-hydrogen) atoms. The predicted octanol–water partition coefficient (Wildman–Crippen LogP) is 4.94. The number of ether oxygens (including phenoxy) is 1. The molecule has 0 heterocycles. The van der Waals surface area contributed by atoms with Crippen LogP contribution in [0.2, 0.25) is 10.0 Å². The first-order valence-corrected chi connectivity index (χ1v) is 8.37. The summed E-state index contributed by atoms with van der Waals surface area (Å²) in [5, 5.41) is 4.83. The van der Waals surface area contributed by atoms with Crippen LogP contribution in [0.3, 0.4) is 0 Å². The fraction of sp³-hybridized carbons (Fsp3) is 0.222. The standard InChI is InChI=1S/C18H18Cl2N2O2/c1-2-3-11-24-14-9-7-13(8-10-14)18(23)22-21-12-15-16(19)5-4-6-17(15)20/h4-10,12H,2-3,11H2,1H3,(H,22,23)/b21-12-. The first-order valence-electron chi connectivity index (χ1n) is 7.62. The summed E-state index contributed by atoms with van der Waals surface area (Å²) < 4.78 is 5.56. The van der Waals surface area contributed by atoms with Gasteiger partial charge < -0.3 is 4.74 Å². The second kappa shape index (κ2) is 9.30. The average molecular weight is 365 g/mol. The highest BCUT2D eigenvalue weighted by Crippen LogP contribution is 2.22. The zero-order valence-corrected chi connectivity index (χ0v) is 14.8. The molecule has 0 fully saturated rings. The van der Waals surface area contributed by atoms with Crippen LogP contribution in [-0.2, 0) is 0 Å². The zero-order valence-electron chi connectivity index (χ0n) is 13.3. The number of benzene rings is 2. The molecular formula is C18H18Cl2N2O2. The van der Waals surface area contributed by atoms with E-state index in [0.29, 0.717) is 27.8 Å². The summed E-state index contributed by atoms with van der Waals surface area (Å²) in [4.78, 5) is 12.0. The van der Waals surface area contributed by atoms with Crippen LogP contribution in [0.15, 0.2) is 47.6 Å². The van der Waals surface area contributed by atoms with Crippen molar-refractivity contribution in [2.75, 3.05) is 6.61 Å². The number of carbonyl (C=O) groups is 1. The number of hydrogen-bond donors (Lipinski definition) is 1. The van der Waals surface area contributed by atoms with Gasteiger partial charge in [-0.3, -0.25) is 4.79 Å². The fourth-order valence-corrected chi connectivity index (χ4v) is 2.39. The van der Waals surface area contributed by atoms with Crippen molar-refractivity contribution < 1.29 is 9.53 Å². The van der Waals surface area contributed by atoms with Gasteiger partial charge in [-0.05, 0) is 42.8 Å². The molecule has 0 saturated carbocycles. The largest absolute Gasteiger partial charge is 0.494 e. The third kappa shape index (κ3) is 5.25. The normalized spacial score (nSPS) is 10.8. The van der Waals surface area contributed by atoms with Crippen LogP contribution in [0.25, 0.3) is 0 Å². The average Bonchev–Trinajstić information content (AvgIpc) is 2.58. The van der Waals surface area contributed by atoms with Crippen LogP contribution in [0.5, 0.6) is 5.75 Å².